The first-order valence-electron chi connectivity index (χ1n) is 24.9. The Balaban J connectivity index is 0. The van der Waals surface area contributed by atoms with E-state index in [2.05, 4.69) is 22.9 Å². The molecule has 0 spiro atoms. The molecule has 0 fully saturated rings. The predicted octanol–water partition coefficient (Wildman–Crippen LogP) is 8.44. The van der Waals surface area contributed by atoms with Crippen LogP contribution in [0.3, 0.4) is 0 Å². The fourth-order valence-corrected chi connectivity index (χ4v) is 7.86. The van der Waals surface area contributed by atoms with Crippen molar-refractivity contribution in [1.29, 1.82) is 0 Å². The number of quaternary nitrogens is 1. The van der Waals surface area contributed by atoms with E-state index >= 15 is 0 Å². The summed E-state index contributed by atoms with van der Waals surface area (Å²) in [5.41, 5.74) is 0. The molecule has 4 unspecified atom stereocenters. The summed E-state index contributed by atoms with van der Waals surface area (Å²) < 4.78 is 53.3. The number of carbonyl (C=O) groups is 2. The minimum absolute atomic E-state index is 0.0259. The first-order chi connectivity index (χ1) is 30.9. The van der Waals surface area contributed by atoms with Crippen LogP contribution >= 0.6 is 15.6 Å². The number of hydrogen-bond acceptors (Lipinski definition) is 15. The molecule has 0 radical (unpaired) electrons. The molecule has 65 heavy (non-hydrogen) atoms. The van der Waals surface area contributed by atoms with E-state index in [0.717, 1.165) is 32.1 Å². The highest BCUT2D eigenvalue weighted by Gasteiger charge is 2.24. The van der Waals surface area contributed by atoms with E-state index in [9.17, 15) is 23.6 Å². The Kier molecular flexibility index (Phi) is 44.9. The van der Waals surface area contributed by atoms with Crippen molar-refractivity contribution in [3.8, 4) is 0 Å². The zero-order valence-electron chi connectivity index (χ0n) is 41.3. The van der Waals surface area contributed by atoms with Crippen LogP contribution in [-0.2, 0) is 46.3 Å². The second-order valence-corrected chi connectivity index (χ2v) is 21.0. The maximum atomic E-state index is 12.6. The molecule has 0 aliphatic carbocycles. The van der Waals surface area contributed by atoms with Crippen LogP contribution in [0.1, 0.15) is 194 Å². The summed E-state index contributed by atoms with van der Waals surface area (Å²) in [5, 5.41) is 34.3. The van der Waals surface area contributed by atoms with Crippen molar-refractivity contribution < 1.29 is 81.0 Å². The lowest BCUT2D eigenvalue weighted by Crippen LogP contribution is -2.37. The summed E-state index contributed by atoms with van der Waals surface area (Å²) in [6.07, 6.45) is 28.6. The van der Waals surface area contributed by atoms with Crippen LogP contribution in [0.25, 0.3) is 0 Å². The fraction of sp³-hybridized carbons (Fsp3) is 0.957. The normalized spacial score (nSPS) is 15.0. The number of nitrogens with zero attached hydrogens (tertiary/aromatic N) is 1. The first-order valence-corrected chi connectivity index (χ1v) is 27.8. The number of carbonyl (C=O) groups excluding carboxylic acids is 2. The van der Waals surface area contributed by atoms with Gasteiger partial charge < -0.3 is 53.2 Å². The van der Waals surface area contributed by atoms with Crippen molar-refractivity contribution >= 4 is 27.6 Å². The van der Waals surface area contributed by atoms with Gasteiger partial charge in [-0.1, -0.05) is 168 Å². The minimum atomic E-state index is -4.61. The Morgan fingerprint density at radius 2 is 0.877 bits per heavy atom. The van der Waals surface area contributed by atoms with Crippen LogP contribution in [0.4, 0.5) is 0 Å². The molecule has 0 rings (SSSR count). The van der Waals surface area contributed by atoms with E-state index in [0.29, 0.717) is 17.4 Å². The molecule has 0 saturated carbocycles. The second kappa shape index (κ2) is 44.2. The quantitative estimate of drug-likeness (QED) is 0.0166. The van der Waals surface area contributed by atoms with Gasteiger partial charge in [-0.25, -0.2) is 4.57 Å². The third-order valence-electron chi connectivity index (χ3n) is 10.4. The van der Waals surface area contributed by atoms with Crippen molar-refractivity contribution in [2.75, 3.05) is 73.9 Å². The van der Waals surface area contributed by atoms with Gasteiger partial charge in [-0.15, -0.1) is 0 Å². The van der Waals surface area contributed by atoms with Gasteiger partial charge in [0.05, 0.1) is 54.2 Å². The molecule has 4 atom stereocenters. The van der Waals surface area contributed by atoms with Gasteiger partial charge >= 0.3 is 19.8 Å². The number of phosphoric acid groups is 2. The zero-order chi connectivity index (χ0) is 49.1. The summed E-state index contributed by atoms with van der Waals surface area (Å²) in [6, 6.07) is 0. The highest BCUT2D eigenvalue weighted by atomic mass is 31.2. The molecule has 0 bridgehead atoms. The molecule has 0 saturated heterocycles. The van der Waals surface area contributed by atoms with Gasteiger partial charge in [-0.05, 0) is 12.8 Å². The highest BCUT2D eigenvalue weighted by Crippen LogP contribution is 2.43. The third-order valence-corrected chi connectivity index (χ3v) is 12.3. The number of unbranched alkanes of at least 4 members (excludes halogenated alkanes) is 24. The van der Waals surface area contributed by atoms with Crippen molar-refractivity contribution in [3.05, 3.63) is 0 Å². The number of ether oxygens (including phenoxy) is 2. The van der Waals surface area contributed by atoms with Gasteiger partial charge in [0.1, 0.15) is 32.0 Å². The van der Waals surface area contributed by atoms with Crippen LogP contribution in [-0.4, -0.2) is 134 Å². The second-order valence-electron chi connectivity index (χ2n) is 18.1. The molecule has 0 aliphatic rings. The average Bonchev–Trinajstić information content (AvgIpc) is 3.25. The number of likely N-dealkylation sites (N-methyl/N-ethyl adjacent to an activating group) is 1. The monoisotopic (exact) mass is 980 g/mol. The van der Waals surface area contributed by atoms with Gasteiger partial charge in [-0.2, -0.15) is 0 Å². The number of hydrogen-bond donors (Lipinski definition) is 5. The largest absolute Gasteiger partial charge is 0.756 e. The van der Waals surface area contributed by atoms with Gasteiger partial charge in [0, 0.05) is 12.8 Å². The molecule has 5 N–H and O–H groups in total. The maximum Gasteiger partial charge on any atom is 0.472 e. The lowest BCUT2D eigenvalue weighted by atomic mass is 10.0. The molecule has 0 aromatic heterocycles. The highest BCUT2D eigenvalue weighted by molar-refractivity contribution is 7.47. The third kappa shape index (κ3) is 50.7. The number of aliphatic hydroxyl groups is 4. The van der Waals surface area contributed by atoms with Crippen molar-refractivity contribution in [2.45, 2.75) is 212 Å². The number of aliphatic hydroxyl groups excluding tert-OH is 4. The summed E-state index contributed by atoms with van der Waals surface area (Å²) in [5.74, 6) is -0.823. The standard InChI is InChI=1S/C40H80NO8P.C6H15O8P/c1-6-8-10-12-14-16-18-20-22-24-26-28-30-32-39(42)46-36-38(37-48-50(44,45)47-35-34-41(3,4)5)49-40(43)33-31-29-27-25-23-21-19-17-15-13-11-9-7-2;7-1-5(9)3-13-15(11,12)14-4-6(10)2-8/h38H,6-37H2,1-5H3;5-10H,1-4H2,(H,11,12). The van der Waals surface area contributed by atoms with Gasteiger partial charge in [0.15, 0.2) is 6.10 Å². The summed E-state index contributed by atoms with van der Waals surface area (Å²) >= 11 is 0. The van der Waals surface area contributed by atoms with E-state index in [1.807, 2.05) is 21.1 Å². The Hall–Kier alpha value is -1.04. The van der Waals surface area contributed by atoms with Gasteiger partial charge in [0.2, 0.25) is 0 Å². The SMILES string of the molecule is CCCCCCCCCCCCCCCC(=O)OCC(COP(=O)([O-])OCC[N+](C)(C)C)OC(=O)CCCCCCCCCCCCCCC.O=P(O)(OCC(O)CO)OCC(O)CO. The summed E-state index contributed by atoms with van der Waals surface area (Å²) in [7, 11) is -3.19. The van der Waals surface area contributed by atoms with Gasteiger partial charge in [0.25, 0.3) is 7.82 Å². The van der Waals surface area contributed by atoms with Crippen LogP contribution in [0.15, 0.2) is 0 Å². The molecule has 0 amide bonds. The zero-order valence-corrected chi connectivity index (χ0v) is 43.0. The molecule has 0 aromatic rings. The maximum absolute atomic E-state index is 12.6. The Bertz CT molecular complexity index is 1180. The van der Waals surface area contributed by atoms with Crippen LogP contribution in [0.2, 0.25) is 0 Å². The molecular formula is C46H95NO16P2. The lowest BCUT2D eigenvalue weighted by molar-refractivity contribution is -0.870. The molecule has 0 aliphatic heterocycles. The number of phosphoric ester groups is 2. The van der Waals surface area contributed by atoms with Gasteiger partial charge in [-0.3, -0.25) is 23.2 Å². The fourth-order valence-electron chi connectivity index (χ4n) is 6.33. The topological polar surface area (TPSA) is 248 Å². The lowest BCUT2D eigenvalue weighted by Gasteiger charge is -2.28. The number of rotatable bonds is 46. The average molecular weight is 980 g/mol. The van der Waals surface area contributed by atoms with E-state index in [1.54, 1.807) is 0 Å². The molecule has 390 valence electrons. The van der Waals surface area contributed by atoms with E-state index in [4.69, 9.17) is 43.8 Å². The summed E-state index contributed by atoms with van der Waals surface area (Å²) in [4.78, 5) is 46.3. The van der Waals surface area contributed by atoms with Crippen molar-refractivity contribution in [1.82, 2.24) is 0 Å². The molecule has 19 heteroatoms. The molecule has 17 nitrogen and oxygen atoms in total. The van der Waals surface area contributed by atoms with Crippen LogP contribution < -0.4 is 4.89 Å². The van der Waals surface area contributed by atoms with Crippen LogP contribution in [0, 0.1) is 0 Å². The van der Waals surface area contributed by atoms with Crippen molar-refractivity contribution in [3.63, 3.8) is 0 Å². The molecule has 0 heterocycles. The van der Waals surface area contributed by atoms with E-state index < -0.39 is 73.0 Å². The number of esters is 2. The Labute approximate surface area is 393 Å². The Morgan fingerprint density at radius 1 is 0.523 bits per heavy atom. The van der Waals surface area contributed by atoms with Crippen LogP contribution in [0.5, 0.6) is 0 Å². The van der Waals surface area contributed by atoms with E-state index in [1.165, 1.54) is 128 Å². The van der Waals surface area contributed by atoms with Crippen molar-refractivity contribution in [2.24, 2.45) is 0 Å². The molecule has 0 aromatic carbocycles. The predicted molar refractivity (Wildman–Crippen MR) is 252 cm³/mol. The van der Waals surface area contributed by atoms with E-state index in [-0.39, 0.29) is 32.0 Å². The minimum Gasteiger partial charge on any atom is -0.756 e. The first kappa shape index (κ1) is 66.0. The smallest absolute Gasteiger partial charge is 0.472 e. The Morgan fingerprint density at radius 3 is 1.23 bits per heavy atom. The summed E-state index contributed by atoms with van der Waals surface area (Å²) in [6.45, 7) is 1.88. The molecular weight excluding hydrogens is 884 g/mol.